The number of rotatable bonds is 5. The monoisotopic (exact) mass is 286 g/mol. The van der Waals surface area contributed by atoms with Crippen LogP contribution in [0.3, 0.4) is 0 Å². The highest BCUT2D eigenvalue weighted by Gasteiger charge is 2.21. The van der Waals surface area contributed by atoms with Crippen LogP contribution >= 0.6 is 0 Å². The number of H-pyrrole nitrogens is 1. The zero-order chi connectivity index (χ0) is 15.4. The van der Waals surface area contributed by atoms with Gasteiger partial charge in [-0.1, -0.05) is 51.1 Å². The van der Waals surface area contributed by atoms with Crippen LogP contribution in [0.5, 0.6) is 0 Å². The van der Waals surface area contributed by atoms with E-state index < -0.39 is 0 Å². The average Bonchev–Trinajstić information content (AvgIpc) is 2.87. The molecule has 21 heavy (non-hydrogen) atoms. The highest BCUT2D eigenvalue weighted by molar-refractivity contribution is 5.97. The summed E-state index contributed by atoms with van der Waals surface area (Å²) in [6, 6.07) is 9.84. The summed E-state index contributed by atoms with van der Waals surface area (Å²) in [5.74, 6) is -0.0403. The lowest BCUT2D eigenvalue weighted by atomic mass is 10.0. The Morgan fingerprint density at radius 3 is 2.52 bits per heavy atom. The molecule has 0 saturated carbocycles. The second kappa shape index (κ2) is 6.43. The second-order valence-corrected chi connectivity index (χ2v) is 5.40. The molecule has 0 aliphatic carbocycles. The zero-order valence-electron chi connectivity index (χ0n) is 12.7. The summed E-state index contributed by atoms with van der Waals surface area (Å²) in [7, 11) is 0. The molecular weight excluding hydrogens is 264 g/mol. The van der Waals surface area contributed by atoms with E-state index in [1.165, 1.54) is 0 Å². The SMILES string of the molecule is CCC(NC(=O)c1n[nH]c(C(C)C)c1N)c1ccccc1. The Bertz CT molecular complexity index is 604. The van der Waals surface area contributed by atoms with E-state index >= 15 is 0 Å². The van der Waals surface area contributed by atoms with Crippen molar-refractivity contribution in [3.8, 4) is 0 Å². The number of hydrogen-bond donors (Lipinski definition) is 3. The van der Waals surface area contributed by atoms with Crippen LogP contribution in [0.4, 0.5) is 5.69 Å². The third-order valence-electron chi connectivity index (χ3n) is 3.54. The van der Waals surface area contributed by atoms with E-state index in [1.54, 1.807) is 0 Å². The summed E-state index contributed by atoms with van der Waals surface area (Å²) in [5, 5.41) is 9.90. The number of benzene rings is 1. The van der Waals surface area contributed by atoms with E-state index in [1.807, 2.05) is 51.1 Å². The van der Waals surface area contributed by atoms with Crippen LogP contribution in [0.1, 0.15) is 60.9 Å². The number of carbonyl (C=O) groups excluding carboxylic acids is 1. The Kier molecular flexibility index (Phi) is 4.62. The molecule has 1 aromatic heterocycles. The lowest BCUT2D eigenvalue weighted by Crippen LogP contribution is -2.29. The topological polar surface area (TPSA) is 83.8 Å². The molecule has 1 heterocycles. The first-order valence-electron chi connectivity index (χ1n) is 7.24. The maximum atomic E-state index is 12.4. The van der Waals surface area contributed by atoms with E-state index in [0.29, 0.717) is 5.69 Å². The molecule has 1 amide bonds. The number of nitrogens with two attached hydrogens (primary N) is 1. The molecule has 2 rings (SSSR count). The predicted octanol–water partition coefficient (Wildman–Crippen LogP) is 3.00. The van der Waals surface area contributed by atoms with Gasteiger partial charge in [0.05, 0.1) is 17.4 Å². The van der Waals surface area contributed by atoms with Gasteiger partial charge in [-0.25, -0.2) is 0 Å². The molecule has 1 atom stereocenters. The molecule has 0 saturated heterocycles. The van der Waals surface area contributed by atoms with Crippen molar-refractivity contribution in [3.63, 3.8) is 0 Å². The number of nitrogens with zero attached hydrogens (tertiary/aromatic N) is 1. The second-order valence-electron chi connectivity index (χ2n) is 5.40. The molecule has 0 aliphatic rings. The third kappa shape index (κ3) is 3.24. The summed E-state index contributed by atoms with van der Waals surface area (Å²) in [6.45, 7) is 6.04. The van der Waals surface area contributed by atoms with Crippen molar-refractivity contribution in [1.29, 1.82) is 0 Å². The maximum Gasteiger partial charge on any atom is 0.274 e. The number of nitrogens with one attached hydrogen (secondary N) is 2. The van der Waals surface area contributed by atoms with Gasteiger partial charge in [-0.15, -0.1) is 0 Å². The van der Waals surface area contributed by atoms with Crippen molar-refractivity contribution in [1.82, 2.24) is 15.5 Å². The Morgan fingerprint density at radius 2 is 2.00 bits per heavy atom. The van der Waals surface area contributed by atoms with Crippen LogP contribution in [0.25, 0.3) is 0 Å². The molecule has 0 bridgehead atoms. The standard InChI is InChI=1S/C16H22N4O/c1-4-12(11-8-6-5-7-9-11)18-16(21)15-13(17)14(10(2)3)19-20-15/h5-10,12H,4,17H2,1-3H3,(H,18,21)(H,19,20). The maximum absolute atomic E-state index is 12.4. The van der Waals surface area contributed by atoms with Crippen LogP contribution in [0.2, 0.25) is 0 Å². The number of hydrogen-bond acceptors (Lipinski definition) is 3. The van der Waals surface area contributed by atoms with Gasteiger partial charge in [0, 0.05) is 0 Å². The van der Waals surface area contributed by atoms with Crippen molar-refractivity contribution in [2.24, 2.45) is 0 Å². The molecule has 112 valence electrons. The summed E-state index contributed by atoms with van der Waals surface area (Å²) < 4.78 is 0. The predicted molar refractivity (Wildman–Crippen MR) is 84.0 cm³/mol. The Hall–Kier alpha value is -2.30. The minimum Gasteiger partial charge on any atom is -0.395 e. The number of carbonyl (C=O) groups is 1. The van der Waals surface area contributed by atoms with Gasteiger partial charge in [-0.2, -0.15) is 5.10 Å². The fourth-order valence-electron chi connectivity index (χ4n) is 2.31. The van der Waals surface area contributed by atoms with Crippen molar-refractivity contribution in [2.45, 2.75) is 39.2 Å². The number of nitrogen functional groups attached to an aromatic ring is 1. The number of aromatic nitrogens is 2. The van der Waals surface area contributed by atoms with Crippen LogP contribution in [0, 0.1) is 0 Å². The van der Waals surface area contributed by atoms with E-state index in [-0.39, 0.29) is 23.6 Å². The minimum atomic E-state index is -0.244. The smallest absolute Gasteiger partial charge is 0.274 e. The number of amides is 1. The summed E-state index contributed by atoms with van der Waals surface area (Å²) in [4.78, 5) is 12.4. The fourth-order valence-corrected chi connectivity index (χ4v) is 2.31. The zero-order valence-corrected chi connectivity index (χ0v) is 12.7. The molecule has 5 heteroatoms. The van der Waals surface area contributed by atoms with Gasteiger partial charge >= 0.3 is 0 Å². The molecule has 1 aromatic carbocycles. The largest absolute Gasteiger partial charge is 0.395 e. The fraction of sp³-hybridized carbons (Fsp3) is 0.375. The van der Waals surface area contributed by atoms with Gasteiger partial charge < -0.3 is 11.1 Å². The lowest BCUT2D eigenvalue weighted by Gasteiger charge is -2.16. The van der Waals surface area contributed by atoms with Crippen LogP contribution in [-0.4, -0.2) is 16.1 Å². The molecule has 1 unspecified atom stereocenters. The summed E-state index contributed by atoms with van der Waals surface area (Å²) in [5.41, 5.74) is 8.59. The summed E-state index contributed by atoms with van der Waals surface area (Å²) >= 11 is 0. The van der Waals surface area contributed by atoms with Crippen LogP contribution in [-0.2, 0) is 0 Å². The van der Waals surface area contributed by atoms with Crippen molar-refractivity contribution >= 4 is 11.6 Å². The Morgan fingerprint density at radius 1 is 1.33 bits per heavy atom. The van der Waals surface area contributed by atoms with E-state index in [0.717, 1.165) is 17.7 Å². The quantitative estimate of drug-likeness (QED) is 0.790. The minimum absolute atomic E-state index is 0.0442. The highest BCUT2D eigenvalue weighted by Crippen LogP contribution is 2.23. The molecule has 0 aliphatic heterocycles. The van der Waals surface area contributed by atoms with Gasteiger partial charge in [0.25, 0.3) is 5.91 Å². The number of anilines is 1. The highest BCUT2D eigenvalue weighted by atomic mass is 16.2. The molecule has 4 N–H and O–H groups in total. The molecule has 0 fully saturated rings. The first-order chi connectivity index (χ1) is 10.0. The molecular formula is C16H22N4O. The molecule has 5 nitrogen and oxygen atoms in total. The van der Waals surface area contributed by atoms with Gasteiger partial charge in [0.15, 0.2) is 5.69 Å². The van der Waals surface area contributed by atoms with Crippen molar-refractivity contribution in [3.05, 3.63) is 47.3 Å². The average molecular weight is 286 g/mol. The van der Waals surface area contributed by atoms with E-state index in [4.69, 9.17) is 5.73 Å². The van der Waals surface area contributed by atoms with Crippen molar-refractivity contribution < 1.29 is 4.79 Å². The van der Waals surface area contributed by atoms with Crippen LogP contribution < -0.4 is 11.1 Å². The third-order valence-corrected chi connectivity index (χ3v) is 3.54. The number of aromatic amines is 1. The van der Waals surface area contributed by atoms with Gasteiger partial charge in [-0.3, -0.25) is 9.89 Å². The van der Waals surface area contributed by atoms with Gasteiger partial charge in [0.1, 0.15) is 0 Å². The van der Waals surface area contributed by atoms with E-state index in [9.17, 15) is 4.79 Å². The first-order valence-corrected chi connectivity index (χ1v) is 7.24. The molecule has 0 radical (unpaired) electrons. The van der Waals surface area contributed by atoms with Gasteiger partial charge in [-0.05, 0) is 17.9 Å². The molecule has 0 spiro atoms. The summed E-state index contributed by atoms with van der Waals surface area (Å²) in [6.07, 6.45) is 0.803. The first kappa shape index (κ1) is 15.1. The Labute approximate surface area is 124 Å². The van der Waals surface area contributed by atoms with Crippen LogP contribution in [0.15, 0.2) is 30.3 Å². The van der Waals surface area contributed by atoms with Gasteiger partial charge in [0.2, 0.25) is 0 Å². The lowest BCUT2D eigenvalue weighted by molar-refractivity contribution is 0.0931. The van der Waals surface area contributed by atoms with Crippen molar-refractivity contribution in [2.75, 3.05) is 5.73 Å². The Balaban J connectivity index is 2.17. The molecule has 2 aromatic rings. The van der Waals surface area contributed by atoms with E-state index in [2.05, 4.69) is 15.5 Å². The normalized spacial score (nSPS) is 12.4.